The SMILES string of the molecule is CCCN1CCN(C(=O)c2sc3nccnc3c2N)CC1. The fourth-order valence-corrected chi connectivity index (χ4v) is 3.63. The summed E-state index contributed by atoms with van der Waals surface area (Å²) in [6.07, 6.45) is 4.37. The maximum Gasteiger partial charge on any atom is 0.266 e. The normalized spacial score (nSPS) is 16.5. The molecule has 0 saturated carbocycles. The van der Waals surface area contributed by atoms with Crippen molar-refractivity contribution in [2.75, 3.05) is 38.5 Å². The smallest absolute Gasteiger partial charge is 0.266 e. The number of aromatic nitrogens is 2. The molecule has 0 aliphatic carbocycles. The zero-order valence-corrected chi connectivity index (χ0v) is 12.9. The van der Waals surface area contributed by atoms with Crippen LogP contribution in [-0.4, -0.2) is 58.4 Å². The van der Waals surface area contributed by atoms with Gasteiger partial charge in [-0.05, 0) is 13.0 Å². The van der Waals surface area contributed by atoms with Crippen LogP contribution in [0.25, 0.3) is 10.3 Å². The predicted molar refractivity (Wildman–Crippen MR) is 84.5 cm³/mol. The van der Waals surface area contributed by atoms with Crippen LogP contribution in [0.2, 0.25) is 0 Å². The topological polar surface area (TPSA) is 75.3 Å². The second kappa shape index (κ2) is 5.95. The number of rotatable bonds is 3. The first-order valence-electron chi connectivity index (χ1n) is 7.21. The molecule has 2 N–H and O–H groups in total. The van der Waals surface area contributed by atoms with E-state index in [4.69, 9.17) is 5.73 Å². The summed E-state index contributed by atoms with van der Waals surface area (Å²) in [5.41, 5.74) is 7.17. The average Bonchev–Trinajstić information content (AvgIpc) is 2.85. The van der Waals surface area contributed by atoms with Gasteiger partial charge in [0.05, 0.1) is 5.69 Å². The van der Waals surface area contributed by atoms with Crippen molar-refractivity contribution in [3.8, 4) is 0 Å². The highest BCUT2D eigenvalue weighted by Gasteiger charge is 2.26. The second-order valence-corrected chi connectivity index (χ2v) is 6.19. The minimum absolute atomic E-state index is 0.00782. The van der Waals surface area contributed by atoms with Gasteiger partial charge in [-0.25, -0.2) is 9.97 Å². The number of hydrogen-bond donors (Lipinski definition) is 1. The number of nitrogen functional groups attached to an aromatic ring is 1. The molecule has 21 heavy (non-hydrogen) atoms. The molecule has 0 aromatic carbocycles. The second-order valence-electron chi connectivity index (χ2n) is 5.19. The fraction of sp³-hybridized carbons (Fsp3) is 0.500. The van der Waals surface area contributed by atoms with E-state index in [0.717, 1.165) is 44.0 Å². The van der Waals surface area contributed by atoms with Crippen LogP contribution in [-0.2, 0) is 0 Å². The molecule has 0 unspecified atom stereocenters. The van der Waals surface area contributed by atoms with Gasteiger partial charge >= 0.3 is 0 Å². The number of thiophene rings is 1. The quantitative estimate of drug-likeness (QED) is 0.928. The molecule has 2 aromatic rings. The van der Waals surface area contributed by atoms with Crippen LogP contribution in [0.3, 0.4) is 0 Å². The van der Waals surface area contributed by atoms with Crippen LogP contribution >= 0.6 is 11.3 Å². The van der Waals surface area contributed by atoms with E-state index >= 15 is 0 Å². The van der Waals surface area contributed by atoms with Crippen molar-refractivity contribution in [2.24, 2.45) is 0 Å². The Labute approximate surface area is 127 Å². The first-order valence-corrected chi connectivity index (χ1v) is 8.03. The summed E-state index contributed by atoms with van der Waals surface area (Å²) in [6, 6.07) is 0. The molecule has 1 amide bonds. The van der Waals surface area contributed by atoms with Crippen LogP contribution in [0.5, 0.6) is 0 Å². The molecule has 1 aliphatic heterocycles. The van der Waals surface area contributed by atoms with Gasteiger partial charge in [0.25, 0.3) is 5.91 Å². The third-order valence-electron chi connectivity index (χ3n) is 3.76. The summed E-state index contributed by atoms with van der Waals surface area (Å²) in [7, 11) is 0. The lowest BCUT2D eigenvalue weighted by Crippen LogP contribution is -2.48. The standard InChI is InChI=1S/C14H19N5OS/c1-2-5-18-6-8-19(9-7-18)14(20)12-10(15)11-13(21-12)17-4-3-16-11/h3-4H,2,5-9,15H2,1H3. The molecule has 3 rings (SSSR count). The van der Waals surface area contributed by atoms with Gasteiger partial charge in [0.15, 0.2) is 0 Å². The molecule has 1 aliphatic rings. The Bertz CT molecular complexity index is 648. The number of carbonyl (C=O) groups is 1. The van der Waals surface area contributed by atoms with Gasteiger partial charge in [0.1, 0.15) is 15.2 Å². The van der Waals surface area contributed by atoms with Crippen LogP contribution in [0, 0.1) is 0 Å². The lowest BCUT2D eigenvalue weighted by Gasteiger charge is -2.34. The predicted octanol–water partition coefficient (Wildman–Crippen LogP) is 1.44. The molecule has 2 aromatic heterocycles. The van der Waals surface area contributed by atoms with Gasteiger partial charge in [0.2, 0.25) is 0 Å². The van der Waals surface area contributed by atoms with E-state index in [1.54, 1.807) is 12.4 Å². The zero-order valence-electron chi connectivity index (χ0n) is 12.1. The Morgan fingerprint density at radius 3 is 2.67 bits per heavy atom. The van der Waals surface area contributed by atoms with Crippen molar-refractivity contribution in [1.29, 1.82) is 0 Å². The maximum atomic E-state index is 12.6. The van der Waals surface area contributed by atoms with Gasteiger partial charge in [-0.15, -0.1) is 11.3 Å². The van der Waals surface area contributed by atoms with E-state index in [-0.39, 0.29) is 5.91 Å². The fourth-order valence-electron chi connectivity index (χ4n) is 2.64. The maximum absolute atomic E-state index is 12.6. The third-order valence-corrected chi connectivity index (χ3v) is 4.85. The number of fused-ring (bicyclic) bond motifs is 1. The molecule has 1 fully saturated rings. The Morgan fingerprint density at radius 1 is 1.29 bits per heavy atom. The summed E-state index contributed by atoms with van der Waals surface area (Å²) in [4.78, 5) is 26.6. The van der Waals surface area contributed by atoms with E-state index < -0.39 is 0 Å². The molecule has 0 bridgehead atoms. The number of hydrogen-bond acceptors (Lipinski definition) is 6. The van der Waals surface area contributed by atoms with E-state index in [1.165, 1.54) is 11.3 Å². The zero-order chi connectivity index (χ0) is 14.8. The number of carbonyl (C=O) groups excluding carboxylic acids is 1. The molecule has 1 saturated heterocycles. The summed E-state index contributed by atoms with van der Waals surface area (Å²) in [5, 5.41) is 0. The molecule has 3 heterocycles. The Balaban J connectivity index is 1.77. The van der Waals surface area contributed by atoms with E-state index in [1.807, 2.05) is 4.90 Å². The van der Waals surface area contributed by atoms with Gasteiger partial charge in [-0.3, -0.25) is 9.69 Å². The Hall–Kier alpha value is -1.73. The number of nitrogens with two attached hydrogens (primary N) is 1. The molecule has 0 radical (unpaired) electrons. The number of nitrogens with zero attached hydrogens (tertiary/aromatic N) is 4. The molecule has 6 nitrogen and oxygen atoms in total. The van der Waals surface area contributed by atoms with Gasteiger partial charge in [0, 0.05) is 38.6 Å². The first kappa shape index (κ1) is 14.2. The Kier molecular flexibility index (Phi) is 4.03. The molecule has 112 valence electrons. The number of piperazine rings is 1. The lowest BCUT2D eigenvalue weighted by molar-refractivity contribution is 0.0643. The van der Waals surface area contributed by atoms with E-state index in [9.17, 15) is 4.79 Å². The monoisotopic (exact) mass is 305 g/mol. The molecular formula is C14H19N5OS. The number of amides is 1. The van der Waals surface area contributed by atoms with Crippen molar-refractivity contribution < 1.29 is 4.79 Å². The molecule has 0 atom stereocenters. The lowest BCUT2D eigenvalue weighted by atomic mass is 10.2. The minimum atomic E-state index is 0.00782. The highest BCUT2D eigenvalue weighted by Crippen LogP contribution is 2.31. The highest BCUT2D eigenvalue weighted by molar-refractivity contribution is 7.21. The van der Waals surface area contributed by atoms with Crippen molar-refractivity contribution in [3.05, 3.63) is 17.3 Å². The average molecular weight is 305 g/mol. The van der Waals surface area contributed by atoms with Crippen molar-refractivity contribution >= 4 is 33.3 Å². The van der Waals surface area contributed by atoms with E-state index in [2.05, 4.69) is 21.8 Å². The largest absolute Gasteiger partial charge is 0.396 e. The van der Waals surface area contributed by atoms with Crippen LogP contribution < -0.4 is 5.73 Å². The highest BCUT2D eigenvalue weighted by atomic mass is 32.1. The van der Waals surface area contributed by atoms with Gasteiger partial charge < -0.3 is 10.6 Å². The van der Waals surface area contributed by atoms with Crippen LogP contribution in [0.15, 0.2) is 12.4 Å². The third kappa shape index (κ3) is 2.71. The van der Waals surface area contributed by atoms with Crippen molar-refractivity contribution in [3.63, 3.8) is 0 Å². The molecule has 7 heteroatoms. The summed E-state index contributed by atoms with van der Waals surface area (Å²) in [5.74, 6) is 0.00782. The number of anilines is 1. The van der Waals surface area contributed by atoms with Crippen LogP contribution in [0.1, 0.15) is 23.0 Å². The minimum Gasteiger partial charge on any atom is -0.396 e. The summed E-state index contributed by atoms with van der Waals surface area (Å²) < 4.78 is 0. The van der Waals surface area contributed by atoms with Gasteiger partial charge in [-0.1, -0.05) is 6.92 Å². The summed E-state index contributed by atoms with van der Waals surface area (Å²) in [6.45, 7) is 6.65. The molecule has 0 spiro atoms. The summed E-state index contributed by atoms with van der Waals surface area (Å²) >= 11 is 1.33. The van der Waals surface area contributed by atoms with Crippen molar-refractivity contribution in [1.82, 2.24) is 19.8 Å². The van der Waals surface area contributed by atoms with E-state index in [0.29, 0.717) is 16.1 Å². The van der Waals surface area contributed by atoms with Gasteiger partial charge in [-0.2, -0.15) is 0 Å². The molecular weight excluding hydrogens is 286 g/mol. The van der Waals surface area contributed by atoms with Crippen molar-refractivity contribution in [2.45, 2.75) is 13.3 Å². The first-order chi connectivity index (χ1) is 10.2. The van der Waals surface area contributed by atoms with Crippen LogP contribution in [0.4, 0.5) is 5.69 Å². The Morgan fingerprint density at radius 2 is 2.00 bits per heavy atom.